The first-order valence-electron chi connectivity index (χ1n) is 7.20. The Morgan fingerprint density at radius 3 is 3.24 bits per heavy atom. The maximum Gasteiger partial charge on any atom is 0.331 e. The lowest BCUT2D eigenvalue weighted by Crippen LogP contribution is -2.43. The first kappa shape index (κ1) is 14.9. The molecule has 1 aromatic rings. The Morgan fingerprint density at radius 2 is 2.48 bits per heavy atom. The average Bonchev–Trinajstić information content (AvgIpc) is 2.91. The lowest BCUT2D eigenvalue weighted by molar-refractivity contribution is -0.161. The van der Waals surface area contributed by atoms with E-state index in [1.165, 1.54) is 7.11 Å². The van der Waals surface area contributed by atoms with Gasteiger partial charge in [0.1, 0.15) is 6.61 Å². The average molecular weight is 355 g/mol. The number of carbonyl (C=O) groups is 1. The lowest BCUT2D eigenvalue weighted by atomic mass is 9.72. The Morgan fingerprint density at radius 1 is 1.62 bits per heavy atom. The molecular weight excluding hydrogens is 336 g/mol. The standard InChI is InChI=1S/C15H19BrN2O3/c1-20-14(19)9-21-15(12-3-5-17-8-13(12)16)4-2-11-6-10(15)7-18-11/h3,5,8,10-11,18H,2,4,6-7,9H2,1H3. The minimum atomic E-state index is -0.448. The second-order valence-corrected chi connectivity index (χ2v) is 6.54. The van der Waals surface area contributed by atoms with Crippen molar-refractivity contribution in [1.82, 2.24) is 10.3 Å². The summed E-state index contributed by atoms with van der Waals surface area (Å²) >= 11 is 3.58. The van der Waals surface area contributed by atoms with Gasteiger partial charge in [-0.25, -0.2) is 4.79 Å². The Kier molecular flexibility index (Phi) is 4.28. The van der Waals surface area contributed by atoms with E-state index in [0.717, 1.165) is 35.8 Å². The molecule has 0 radical (unpaired) electrons. The van der Waals surface area contributed by atoms with Crippen LogP contribution in [0.25, 0.3) is 0 Å². The summed E-state index contributed by atoms with van der Waals surface area (Å²) in [5.41, 5.74) is 0.629. The zero-order valence-corrected chi connectivity index (χ0v) is 13.6. The van der Waals surface area contributed by atoms with E-state index >= 15 is 0 Å². The van der Waals surface area contributed by atoms with Crippen molar-refractivity contribution >= 4 is 21.9 Å². The number of esters is 1. The molecule has 0 aromatic carbocycles. The van der Waals surface area contributed by atoms with Gasteiger partial charge in [0, 0.05) is 40.9 Å². The van der Waals surface area contributed by atoms with Gasteiger partial charge in [-0.05, 0) is 41.3 Å². The fourth-order valence-corrected chi connectivity index (χ4v) is 4.16. The van der Waals surface area contributed by atoms with Gasteiger partial charge in [-0.1, -0.05) is 0 Å². The topological polar surface area (TPSA) is 60.5 Å². The molecule has 1 saturated carbocycles. The molecule has 2 heterocycles. The molecule has 2 aliphatic rings. The van der Waals surface area contributed by atoms with Crippen LogP contribution < -0.4 is 5.32 Å². The summed E-state index contributed by atoms with van der Waals surface area (Å²) in [6, 6.07) is 2.56. The van der Waals surface area contributed by atoms with E-state index in [2.05, 4.69) is 26.2 Å². The maximum absolute atomic E-state index is 11.5. The number of carbonyl (C=O) groups excluding carboxylic acids is 1. The van der Waals surface area contributed by atoms with Gasteiger partial charge in [-0.15, -0.1) is 0 Å². The quantitative estimate of drug-likeness (QED) is 0.838. The minimum Gasteiger partial charge on any atom is -0.467 e. The molecule has 5 nitrogen and oxygen atoms in total. The maximum atomic E-state index is 11.5. The van der Waals surface area contributed by atoms with Gasteiger partial charge in [-0.3, -0.25) is 4.98 Å². The third-order valence-electron chi connectivity index (χ3n) is 4.65. The van der Waals surface area contributed by atoms with Crippen LogP contribution in [0.5, 0.6) is 0 Å². The van der Waals surface area contributed by atoms with Crippen molar-refractivity contribution in [1.29, 1.82) is 0 Å². The molecule has 1 aliphatic carbocycles. The number of nitrogens with one attached hydrogen (secondary N) is 1. The summed E-state index contributed by atoms with van der Waals surface area (Å²) in [6.07, 6.45) is 6.59. The number of nitrogens with zero attached hydrogens (tertiary/aromatic N) is 1. The van der Waals surface area contributed by atoms with E-state index in [1.807, 2.05) is 6.07 Å². The molecule has 1 aromatic heterocycles. The highest BCUT2D eigenvalue weighted by atomic mass is 79.9. The van der Waals surface area contributed by atoms with Crippen LogP contribution >= 0.6 is 15.9 Å². The summed E-state index contributed by atoms with van der Waals surface area (Å²) in [4.78, 5) is 15.7. The molecule has 2 fully saturated rings. The monoisotopic (exact) mass is 354 g/mol. The van der Waals surface area contributed by atoms with Gasteiger partial charge in [0.2, 0.25) is 0 Å². The van der Waals surface area contributed by atoms with Crippen molar-refractivity contribution in [2.45, 2.75) is 30.9 Å². The van der Waals surface area contributed by atoms with Crippen molar-refractivity contribution in [3.05, 3.63) is 28.5 Å². The Hall–Kier alpha value is -0.980. The van der Waals surface area contributed by atoms with Crippen LogP contribution in [0.1, 0.15) is 24.8 Å². The molecule has 6 heteroatoms. The fourth-order valence-electron chi connectivity index (χ4n) is 3.57. The fraction of sp³-hybridized carbons (Fsp3) is 0.600. The lowest BCUT2D eigenvalue weighted by Gasteiger charge is -2.42. The zero-order valence-electron chi connectivity index (χ0n) is 12.0. The predicted molar refractivity (Wildman–Crippen MR) is 80.7 cm³/mol. The van der Waals surface area contributed by atoms with Crippen LogP contribution in [-0.2, 0) is 19.9 Å². The molecule has 0 spiro atoms. The van der Waals surface area contributed by atoms with Gasteiger partial charge >= 0.3 is 5.97 Å². The summed E-state index contributed by atoms with van der Waals surface area (Å²) < 4.78 is 11.8. The van der Waals surface area contributed by atoms with E-state index in [-0.39, 0.29) is 12.6 Å². The molecule has 3 unspecified atom stereocenters. The van der Waals surface area contributed by atoms with E-state index in [9.17, 15) is 4.79 Å². The molecule has 1 aliphatic heterocycles. The first-order valence-corrected chi connectivity index (χ1v) is 7.99. The molecule has 1 N–H and O–H groups in total. The highest BCUT2D eigenvalue weighted by Crippen LogP contribution is 2.49. The number of methoxy groups -OCH3 is 1. The van der Waals surface area contributed by atoms with Crippen LogP contribution in [0.2, 0.25) is 0 Å². The van der Waals surface area contributed by atoms with Gasteiger partial charge in [0.15, 0.2) is 0 Å². The molecule has 3 rings (SSSR count). The Labute approximate surface area is 132 Å². The smallest absolute Gasteiger partial charge is 0.331 e. The minimum absolute atomic E-state index is 0.0214. The molecular formula is C15H19BrN2O3. The second-order valence-electron chi connectivity index (χ2n) is 5.69. The largest absolute Gasteiger partial charge is 0.467 e. The molecule has 1 saturated heterocycles. The highest BCUT2D eigenvalue weighted by Gasteiger charge is 2.50. The van der Waals surface area contributed by atoms with Gasteiger partial charge in [-0.2, -0.15) is 0 Å². The van der Waals surface area contributed by atoms with Crippen LogP contribution in [0.15, 0.2) is 22.9 Å². The number of pyridine rings is 1. The van der Waals surface area contributed by atoms with E-state index in [1.54, 1.807) is 12.4 Å². The Bertz CT molecular complexity index is 539. The van der Waals surface area contributed by atoms with Crippen LogP contribution in [0.4, 0.5) is 0 Å². The third kappa shape index (κ3) is 2.72. The number of fused-ring (bicyclic) bond motifs is 2. The molecule has 2 bridgehead atoms. The van der Waals surface area contributed by atoms with E-state index < -0.39 is 5.60 Å². The summed E-state index contributed by atoms with van der Waals surface area (Å²) in [7, 11) is 1.38. The summed E-state index contributed by atoms with van der Waals surface area (Å²) in [5.74, 6) is 0.0206. The predicted octanol–water partition coefficient (Wildman–Crippen LogP) is 2.00. The molecule has 114 valence electrons. The second kappa shape index (κ2) is 6.02. The number of hydrogen-bond donors (Lipinski definition) is 1. The van der Waals surface area contributed by atoms with E-state index in [4.69, 9.17) is 9.47 Å². The molecule has 3 atom stereocenters. The molecule has 21 heavy (non-hydrogen) atoms. The van der Waals surface area contributed by atoms with Crippen molar-refractivity contribution in [2.75, 3.05) is 20.3 Å². The number of halogens is 1. The van der Waals surface area contributed by atoms with Crippen molar-refractivity contribution in [3.63, 3.8) is 0 Å². The van der Waals surface area contributed by atoms with Gasteiger partial charge in [0.25, 0.3) is 0 Å². The van der Waals surface area contributed by atoms with Crippen molar-refractivity contribution in [3.8, 4) is 0 Å². The van der Waals surface area contributed by atoms with Gasteiger partial charge in [0.05, 0.1) is 12.7 Å². The Balaban J connectivity index is 1.94. The zero-order chi connectivity index (χ0) is 14.9. The number of ether oxygens (including phenoxy) is 2. The van der Waals surface area contributed by atoms with E-state index in [0.29, 0.717) is 12.0 Å². The number of hydrogen-bond acceptors (Lipinski definition) is 5. The number of rotatable bonds is 4. The summed E-state index contributed by atoms with van der Waals surface area (Å²) in [6.45, 7) is 0.896. The van der Waals surface area contributed by atoms with Crippen molar-refractivity contribution < 1.29 is 14.3 Å². The normalized spacial score (nSPS) is 31.1. The van der Waals surface area contributed by atoms with Crippen LogP contribution in [0, 0.1) is 5.92 Å². The number of aromatic nitrogens is 1. The van der Waals surface area contributed by atoms with Gasteiger partial charge < -0.3 is 14.8 Å². The summed E-state index contributed by atoms with van der Waals surface area (Å²) in [5, 5.41) is 3.54. The third-order valence-corrected chi connectivity index (χ3v) is 5.28. The van der Waals surface area contributed by atoms with Crippen LogP contribution in [-0.4, -0.2) is 37.3 Å². The SMILES string of the molecule is COC(=O)COC1(c2ccncc2Br)CCC2CC1CN2. The van der Waals surface area contributed by atoms with Crippen LogP contribution in [0.3, 0.4) is 0 Å². The van der Waals surface area contributed by atoms with Crippen molar-refractivity contribution in [2.24, 2.45) is 5.92 Å². The highest BCUT2D eigenvalue weighted by molar-refractivity contribution is 9.10. The molecule has 0 amide bonds. The first-order chi connectivity index (χ1) is 10.2.